The molecule has 1 heterocycles. The molecule has 0 aromatic heterocycles. The predicted octanol–water partition coefficient (Wildman–Crippen LogP) is 2.27. The summed E-state index contributed by atoms with van der Waals surface area (Å²) < 4.78 is 0. The van der Waals surface area contributed by atoms with E-state index in [9.17, 15) is 14.4 Å². The lowest BCUT2D eigenvalue weighted by atomic mass is 9.93. The molecule has 6 heteroatoms. The maximum absolute atomic E-state index is 12.5. The first kappa shape index (κ1) is 19.9. The largest absolute Gasteiger partial charge is 0.481 e. The molecular formula is C20H28N2O4. The average molecular weight is 360 g/mol. The summed E-state index contributed by atoms with van der Waals surface area (Å²) in [5, 5.41) is 9.14. The first-order chi connectivity index (χ1) is 12.3. The zero-order valence-corrected chi connectivity index (χ0v) is 15.8. The molecule has 1 saturated heterocycles. The molecule has 1 fully saturated rings. The van der Waals surface area contributed by atoms with Crippen LogP contribution in [-0.4, -0.2) is 59.4 Å². The Kier molecular flexibility index (Phi) is 6.77. The van der Waals surface area contributed by atoms with Gasteiger partial charge in [-0.15, -0.1) is 0 Å². The van der Waals surface area contributed by atoms with Crippen LogP contribution >= 0.6 is 0 Å². The minimum absolute atomic E-state index is 0.00827. The number of carbonyl (C=O) groups is 3. The summed E-state index contributed by atoms with van der Waals surface area (Å²) in [4.78, 5) is 39.1. The monoisotopic (exact) mass is 360 g/mol. The van der Waals surface area contributed by atoms with Crippen LogP contribution in [0.5, 0.6) is 0 Å². The summed E-state index contributed by atoms with van der Waals surface area (Å²) in [6.45, 7) is 4.82. The lowest BCUT2D eigenvalue weighted by molar-refractivity contribution is -0.147. The number of nitrogens with zero attached hydrogens (tertiary/aromatic N) is 2. The van der Waals surface area contributed by atoms with Crippen LogP contribution in [-0.2, 0) is 14.4 Å². The summed E-state index contributed by atoms with van der Waals surface area (Å²) in [5.74, 6) is -1.56. The Morgan fingerprint density at radius 1 is 1.31 bits per heavy atom. The molecule has 0 saturated carbocycles. The third-order valence-electron chi connectivity index (χ3n) is 5.12. The van der Waals surface area contributed by atoms with Crippen molar-refractivity contribution < 1.29 is 19.5 Å². The van der Waals surface area contributed by atoms with E-state index in [0.29, 0.717) is 25.8 Å². The van der Waals surface area contributed by atoms with Crippen molar-refractivity contribution in [1.29, 1.82) is 0 Å². The Labute approximate surface area is 154 Å². The number of aliphatic carboxylic acids is 1. The molecule has 142 valence electrons. The van der Waals surface area contributed by atoms with Gasteiger partial charge >= 0.3 is 5.97 Å². The second kappa shape index (κ2) is 8.83. The minimum Gasteiger partial charge on any atom is -0.481 e. The van der Waals surface area contributed by atoms with Gasteiger partial charge < -0.3 is 14.9 Å². The number of carbonyl (C=O) groups excluding carboxylic acids is 2. The average Bonchev–Trinajstić information content (AvgIpc) is 2.61. The highest BCUT2D eigenvalue weighted by Crippen LogP contribution is 2.23. The van der Waals surface area contributed by atoms with E-state index in [1.165, 1.54) is 4.90 Å². The fourth-order valence-electron chi connectivity index (χ4n) is 3.46. The second-order valence-corrected chi connectivity index (χ2v) is 7.23. The number of hydrogen-bond acceptors (Lipinski definition) is 3. The van der Waals surface area contributed by atoms with E-state index in [4.69, 9.17) is 5.11 Å². The SMILES string of the molecule is Cc1ccccc1C(C)CC(=O)N(C)CC(=O)N1CCCC(C(=O)O)C1. The second-order valence-electron chi connectivity index (χ2n) is 7.23. The molecule has 0 bridgehead atoms. The maximum Gasteiger partial charge on any atom is 0.308 e. The van der Waals surface area contributed by atoms with Gasteiger partial charge in [0.05, 0.1) is 12.5 Å². The standard InChI is InChI=1S/C20H28N2O4/c1-14-7-4-5-9-17(14)15(2)11-18(23)21(3)13-19(24)22-10-6-8-16(12-22)20(25)26/h4-5,7,9,15-16H,6,8,10-13H2,1-3H3,(H,25,26). The van der Waals surface area contributed by atoms with Crippen molar-refractivity contribution >= 4 is 17.8 Å². The molecule has 6 nitrogen and oxygen atoms in total. The van der Waals surface area contributed by atoms with E-state index < -0.39 is 11.9 Å². The van der Waals surface area contributed by atoms with Gasteiger partial charge in [0.25, 0.3) is 0 Å². The summed E-state index contributed by atoms with van der Waals surface area (Å²) in [6.07, 6.45) is 1.62. The zero-order valence-electron chi connectivity index (χ0n) is 15.8. The van der Waals surface area contributed by atoms with Crippen LogP contribution in [0.2, 0.25) is 0 Å². The zero-order chi connectivity index (χ0) is 19.3. The van der Waals surface area contributed by atoms with Gasteiger partial charge in [-0.2, -0.15) is 0 Å². The van der Waals surface area contributed by atoms with Crippen molar-refractivity contribution in [1.82, 2.24) is 9.80 Å². The smallest absolute Gasteiger partial charge is 0.308 e. The molecule has 0 aliphatic carbocycles. The van der Waals surface area contributed by atoms with Crippen molar-refractivity contribution in [3.8, 4) is 0 Å². The molecule has 2 atom stereocenters. The number of carboxylic acids is 1. The molecule has 1 aromatic rings. The lowest BCUT2D eigenvalue weighted by Crippen LogP contribution is -2.47. The lowest BCUT2D eigenvalue weighted by Gasteiger charge is -2.32. The number of likely N-dealkylation sites (N-methyl/N-ethyl adjacent to an activating group) is 1. The molecule has 2 amide bonds. The van der Waals surface area contributed by atoms with Crippen LogP contribution in [0, 0.1) is 12.8 Å². The Bertz CT molecular complexity index is 674. The van der Waals surface area contributed by atoms with Crippen LogP contribution < -0.4 is 0 Å². The molecule has 1 aliphatic heterocycles. The number of rotatable bonds is 6. The molecule has 0 spiro atoms. The highest BCUT2D eigenvalue weighted by molar-refractivity contribution is 5.85. The van der Waals surface area contributed by atoms with Gasteiger partial charge in [-0.25, -0.2) is 0 Å². The molecule has 0 radical (unpaired) electrons. The molecule has 2 rings (SSSR count). The first-order valence-corrected chi connectivity index (χ1v) is 9.09. The summed E-state index contributed by atoms with van der Waals surface area (Å²) >= 11 is 0. The molecule has 1 aromatic carbocycles. The van der Waals surface area contributed by atoms with Gasteiger partial charge in [-0.05, 0) is 36.8 Å². The minimum atomic E-state index is -0.862. The highest BCUT2D eigenvalue weighted by atomic mass is 16.4. The Morgan fingerprint density at radius 2 is 2.00 bits per heavy atom. The summed E-state index contributed by atoms with van der Waals surface area (Å²) in [6, 6.07) is 7.99. The van der Waals surface area contributed by atoms with Gasteiger partial charge in [0.15, 0.2) is 0 Å². The third-order valence-corrected chi connectivity index (χ3v) is 5.12. The van der Waals surface area contributed by atoms with E-state index in [1.807, 2.05) is 38.1 Å². The van der Waals surface area contributed by atoms with Crippen LogP contribution in [0.4, 0.5) is 0 Å². The number of hydrogen-bond donors (Lipinski definition) is 1. The summed E-state index contributed by atoms with van der Waals surface area (Å²) in [5.41, 5.74) is 2.29. The quantitative estimate of drug-likeness (QED) is 0.844. The van der Waals surface area contributed by atoms with Crippen LogP contribution in [0.25, 0.3) is 0 Å². The van der Waals surface area contributed by atoms with Crippen molar-refractivity contribution in [2.75, 3.05) is 26.7 Å². The van der Waals surface area contributed by atoms with Gasteiger partial charge in [0.1, 0.15) is 0 Å². The molecular weight excluding hydrogens is 332 g/mol. The Balaban J connectivity index is 1.89. The summed E-state index contributed by atoms with van der Waals surface area (Å²) in [7, 11) is 1.63. The molecule has 26 heavy (non-hydrogen) atoms. The van der Waals surface area contributed by atoms with E-state index in [2.05, 4.69) is 0 Å². The number of carboxylic acid groups (broad SMARTS) is 1. The van der Waals surface area contributed by atoms with Crippen LogP contribution in [0.1, 0.15) is 43.2 Å². The van der Waals surface area contributed by atoms with Gasteiger partial charge in [0, 0.05) is 26.6 Å². The van der Waals surface area contributed by atoms with Crippen molar-refractivity contribution in [3.63, 3.8) is 0 Å². The number of benzene rings is 1. The fraction of sp³-hybridized carbons (Fsp3) is 0.550. The molecule has 1 N–H and O–H groups in total. The van der Waals surface area contributed by atoms with E-state index in [1.54, 1.807) is 11.9 Å². The third kappa shape index (κ3) is 5.07. The van der Waals surface area contributed by atoms with E-state index >= 15 is 0 Å². The number of amides is 2. The van der Waals surface area contributed by atoms with Gasteiger partial charge in [-0.1, -0.05) is 31.2 Å². The van der Waals surface area contributed by atoms with Crippen LogP contribution in [0.15, 0.2) is 24.3 Å². The van der Waals surface area contributed by atoms with Gasteiger partial charge in [-0.3, -0.25) is 14.4 Å². The van der Waals surface area contributed by atoms with Crippen LogP contribution in [0.3, 0.4) is 0 Å². The number of aryl methyl sites for hydroxylation is 1. The molecule has 2 unspecified atom stereocenters. The predicted molar refractivity (Wildman–Crippen MR) is 98.8 cm³/mol. The Morgan fingerprint density at radius 3 is 2.65 bits per heavy atom. The topological polar surface area (TPSA) is 77.9 Å². The molecule has 1 aliphatic rings. The van der Waals surface area contributed by atoms with Crippen molar-refractivity contribution in [2.45, 2.75) is 39.0 Å². The van der Waals surface area contributed by atoms with Gasteiger partial charge in [0.2, 0.25) is 11.8 Å². The fourth-order valence-corrected chi connectivity index (χ4v) is 3.46. The van der Waals surface area contributed by atoms with E-state index in [-0.39, 0.29) is 30.8 Å². The first-order valence-electron chi connectivity index (χ1n) is 9.09. The normalized spacial score (nSPS) is 18.3. The Hall–Kier alpha value is -2.37. The number of piperidine rings is 1. The van der Waals surface area contributed by atoms with Crippen molar-refractivity contribution in [3.05, 3.63) is 35.4 Å². The number of likely N-dealkylation sites (tertiary alicyclic amines) is 1. The van der Waals surface area contributed by atoms with Crippen molar-refractivity contribution in [2.24, 2.45) is 5.92 Å². The maximum atomic E-state index is 12.5. The highest BCUT2D eigenvalue weighted by Gasteiger charge is 2.29. The van der Waals surface area contributed by atoms with E-state index in [0.717, 1.165) is 11.1 Å².